The first-order valence-electron chi connectivity index (χ1n) is 7.24. The van der Waals surface area contributed by atoms with Crippen molar-refractivity contribution in [1.82, 2.24) is 15.5 Å². The second-order valence-electron chi connectivity index (χ2n) is 6.02. The molecule has 0 saturated heterocycles. The number of hydrogen-bond donors (Lipinski definition) is 1. The fourth-order valence-corrected chi connectivity index (χ4v) is 2.12. The van der Waals surface area contributed by atoms with Gasteiger partial charge in [0, 0.05) is 18.7 Å². The van der Waals surface area contributed by atoms with Crippen LogP contribution in [0.1, 0.15) is 37.8 Å². The van der Waals surface area contributed by atoms with Crippen molar-refractivity contribution in [1.29, 1.82) is 0 Å². The van der Waals surface area contributed by atoms with Crippen LogP contribution in [-0.2, 0) is 4.74 Å². The molecule has 2 rings (SSSR count). The molecule has 1 amide bonds. The predicted octanol–water partition coefficient (Wildman–Crippen LogP) is 3.13. The van der Waals surface area contributed by atoms with Crippen LogP contribution in [0.5, 0.6) is 0 Å². The third-order valence-corrected chi connectivity index (χ3v) is 3.06. The molecule has 0 unspecified atom stereocenters. The van der Waals surface area contributed by atoms with Gasteiger partial charge in [0.2, 0.25) is 0 Å². The van der Waals surface area contributed by atoms with Crippen molar-refractivity contribution in [3.8, 4) is 0 Å². The van der Waals surface area contributed by atoms with Crippen LogP contribution >= 0.6 is 0 Å². The van der Waals surface area contributed by atoms with Gasteiger partial charge >= 0.3 is 6.09 Å². The molecule has 1 N–H and O–H groups in total. The topological polar surface area (TPSA) is 64.1 Å². The summed E-state index contributed by atoms with van der Waals surface area (Å²) in [6, 6.07) is 11.9. The van der Waals surface area contributed by atoms with Crippen LogP contribution in [0, 0.1) is 0 Å². The molecular formula is C17H21N3O2. The Morgan fingerprint density at radius 1 is 1.14 bits per heavy atom. The standard InChI is InChI=1S/C17H21N3O2/c1-17(2,3)22-16(21)18-12-15(13-7-5-4-6-8-13)14-9-10-19-20-11-14/h4-11,15H,12H2,1-3H3,(H,18,21)/t15-/m1/s1. The zero-order chi connectivity index (χ0) is 16.0. The van der Waals surface area contributed by atoms with Gasteiger partial charge in [-0.15, -0.1) is 0 Å². The number of amides is 1. The average Bonchev–Trinajstić information content (AvgIpc) is 2.48. The van der Waals surface area contributed by atoms with Crippen molar-refractivity contribution < 1.29 is 9.53 Å². The fraction of sp³-hybridized carbons (Fsp3) is 0.353. The third kappa shape index (κ3) is 4.84. The van der Waals surface area contributed by atoms with Gasteiger partial charge in [0.1, 0.15) is 5.60 Å². The molecule has 0 aliphatic heterocycles. The normalized spacial score (nSPS) is 12.5. The van der Waals surface area contributed by atoms with Crippen molar-refractivity contribution in [2.75, 3.05) is 6.54 Å². The lowest BCUT2D eigenvalue weighted by molar-refractivity contribution is 0.0526. The Morgan fingerprint density at radius 2 is 1.86 bits per heavy atom. The average molecular weight is 299 g/mol. The number of benzene rings is 1. The second-order valence-corrected chi connectivity index (χ2v) is 6.02. The first-order valence-corrected chi connectivity index (χ1v) is 7.24. The van der Waals surface area contributed by atoms with Crippen LogP contribution in [0.4, 0.5) is 4.79 Å². The first kappa shape index (κ1) is 15.9. The van der Waals surface area contributed by atoms with Gasteiger partial charge in [-0.25, -0.2) is 4.79 Å². The zero-order valence-electron chi connectivity index (χ0n) is 13.1. The van der Waals surface area contributed by atoms with E-state index in [1.54, 1.807) is 12.4 Å². The number of aromatic nitrogens is 2. The lowest BCUT2D eigenvalue weighted by atomic mass is 9.93. The molecule has 1 heterocycles. The molecule has 1 atom stereocenters. The summed E-state index contributed by atoms with van der Waals surface area (Å²) in [5.41, 5.74) is 1.59. The Morgan fingerprint density at radius 3 is 2.45 bits per heavy atom. The molecule has 1 aromatic carbocycles. The van der Waals surface area contributed by atoms with Gasteiger partial charge < -0.3 is 10.1 Å². The summed E-state index contributed by atoms with van der Waals surface area (Å²) in [5.74, 6) is 0.00391. The number of carbonyl (C=O) groups excluding carboxylic acids is 1. The lowest BCUT2D eigenvalue weighted by Crippen LogP contribution is -2.35. The number of ether oxygens (including phenoxy) is 1. The van der Waals surface area contributed by atoms with Crippen LogP contribution in [0.3, 0.4) is 0 Å². The molecule has 0 fully saturated rings. The minimum absolute atomic E-state index is 0.00391. The molecule has 116 valence electrons. The van der Waals surface area contributed by atoms with Gasteiger partial charge in [-0.05, 0) is 38.0 Å². The minimum Gasteiger partial charge on any atom is -0.444 e. The van der Waals surface area contributed by atoms with Crippen molar-refractivity contribution in [2.24, 2.45) is 0 Å². The molecule has 5 nitrogen and oxygen atoms in total. The summed E-state index contributed by atoms with van der Waals surface area (Å²) in [6.45, 7) is 5.96. The molecule has 0 bridgehead atoms. The van der Waals surface area contributed by atoms with E-state index in [2.05, 4.69) is 15.5 Å². The summed E-state index contributed by atoms with van der Waals surface area (Å²) in [6.07, 6.45) is 2.95. The van der Waals surface area contributed by atoms with Crippen molar-refractivity contribution in [2.45, 2.75) is 32.3 Å². The maximum absolute atomic E-state index is 11.9. The summed E-state index contributed by atoms with van der Waals surface area (Å²) in [7, 11) is 0. The summed E-state index contributed by atoms with van der Waals surface area (Å²) in [5, 5.41) is 10.6. The van der Waals surface area contributed by atoms with Crippen molar-refractivity contribution in [3.63, 3.8) is 0 Å². The Kier molecular flexibility index (Phi) is 5.09. The molecule has 0 aliphatic rings. The Balaban J connectivity index is 2.11. The second kappa shape index (κ2) is 7.02. The molecule has 0 saturated carbocycles. The van der Waals surface area contributed by atoms with E-state index in [0.717, 1.165) is 11.1 Å². The van der Waals surface area contributed by atoms with Gasteiger partial charge in [-0.1, -0.05) is 30.3 Å². The van der Waals surface area contributed by atoms with E-state index in [0.29, 0.717) is 6.54 Å². The number of rotatable bonds is 4. The highest BCUT2D eigenvalue weighted by Gasteiger charge is 2.19. The Hall–Kier alpha value is -2.43. The van der Waals surface area contributed by atoms with E-state index in [4.69, 9.17) is 4.74 Å². The molecule has 2 aromatic rings. The Bertz CT molecular complexity index is 555. The maximum Gasteiger partial charge on any atom is 0.407 e. The number of nitrogens with one attached hydrogen (secondary N) is 1. The molecule has 0 aliphatic carbocycles. The van der Waals surface area contributed by atoms with Gasteiger partial charge in [-0.2, -0.15) is 10.2 Å². The van der Waals surface area contributed by atoms with E-state index >= 15 is 0 Å². The molecule has 5 heteroatoms. The van der Waals surface area contributed by atoms with E-state index in [-0.39, 0.29) is 5.92 Å². The van der Waals surface area contributed by atoms with Gasteiger partial charge in [0.15, 0.2) is 0 Å². The molecule has 0 radical (unpaired) electrons. The van der Waals surface area contributed by atoms with Crippen molar-refractivity contribution in [3.05, 3.63) is 59.9 Å². The van der Waals surface area contributed by atoms with Crippen LogP contribution in [0.25, 0.3) is 0 Å². The Labute approximate surface area is 130 Å². The smallest absolute Gasteiger partial charge is 0.407 e. The van der Waals surface area contributed by atoms with Gasteiger partial charge in [0.25, 0.3) is 0 Å². The highest BCUT2D eigenvalue weighted by atomic mass is 16.6. The molecule has 1 aromatic heterocycles. The number of alkyl carbamates (subject to hydrolysis) is 1. The predicted molar refractivity (Wildman–Crippen MR) is 84.6 cm³/mol. The minimum atomic E-state index is -0.509. The van der Waals surface area contributed by atoms with Crippen LogP contribution < -0.4 is 5.32 Å². The molecular weight excluding hydrogens is 278 g/mol. The lowest BCUT2D eigenvalue weighted by Gasteiger charge is -2.22. The van der Waals surface area contributed by atoms with Crippen LogP contribution in [0.2, 0.25) is 0 Å². The number of hydrogen-bond acceptors (Lipinski definition) is 4. The third-order valence-electron chi connectivity index (χ3n) is 3.06. The molecule has 0 spiro atoms. The quantitative estimate of drug-likeness (QED) is 0.942. The molecule has 22 heavy (non-hydrogen) atoms. The summed E-state index contributed by atoms with van der Waals surface area (Å²) >= 11 is 0. The van der Waals surface area contributed by atoms with E-state index in [1.807, 2.05) is 57.2 Å². The highest BCUT2D eigenvalue weighted by molar-refractivity contribution is 5.67. The van der Waals surface area contributed by atoms with Crippen molar-refractivity contribution >= 4 is 6.09 Å². The van der Waals surface area contributed by atoms with E-state index in [1.165, 1.54) is 0 Å². The van der Waals surface area contributed by atoms with Crippen LogP contribution in [-0.4, -0.2) is 28.4 Å². The summed E-state index contributed by atoms with van der Waals surface area (Å²) < 4.78 is 5.28. The zero-order valence-corrected chi connectivity index (χ0v) is 13.1. The van der Waals surface area contributed by atoms with Gasteiger partial charge in [-0.3, -0.25) is 0 Å². The highest BCUT2D eigenvalue weighted by Crippen LogP contribution is 2.23. The van der Waals surface area contributed by atoms with Gasteiger partial charge in [0.05, 0.1) is 6.20 Å². The number of nitrogens with zero attached hydrogens (tertiary/aromatic N) is 2. The monoisotopic (exact) mass is 299 g/mol. The van der Waals surface area contributed by atoms with E-state index < -0.39 is 11.7 Å². The number of carbonyl (C=O) groups is 1. The maximum atomic E-state index is 11.9. The SMILES string of the molecule is CC(C)(C)OC(=O)NC[C@H](c1ccccc1)c1ccnnc1. The first-order chi connectivity index (χ1) is 10.5. The summed E-state index contributed by atoms with van der Waals surface area (Å²) in [4.78, 5) is 11.9. The fourth-order valence-electron chi connectivity index (χ4n) is 2.12. The largest absolute Gasteiger partial charge is 0.444 e. The van der Waals surface area contributed by atoms with E-state index in [9.17, 15) is 4.79 Å². The van der Waals surface area contributed by atoms with Crippen LogP contribution in [0.15, 0.2) is 48.8 Å².